The van der Waals surface area contributed by atoms with Crippen molar-refractivity contribution in [3.8, 4) is 17.0 Å². The number of piperidine rings is 1. The number of benzene rings is 1. The molecule has 0 saturated carbocycles. The second-order valence-corrected chi connectivity index (χ2v) is 6.93. The zero-order valence-electron chi connectivity index (χ0n) is 15.9. The largest absolute Gasteiger partial charge is 0.481 e. The summed E-state index contributed by atoms with van der Waals surface area (Å²) in [4.78, 5) is 24.1. The van der Waals surface area contributed by atoms with E-state index in [2.05, 4.69) is 9.97 Å². The minimum absolute atomic E-state index is 0.0359. The lowest BCUT2D eigenvalue weighted by atomic mass is 9.97. The van der Waals surface area contributed by atoms with Crippen LogP contribution in [0, 0.1) is 0 Å². The first kappa shape index (κ1) is 18.2. The van der Waals surface area contributed by atoms with Gasteiger partial charge in [-0.25, -0.2) is 4.98 Å². The number of ether oxygens (including phenoxy) is 1. The molecule has 1 fully saturated rings. The third kappa shape index (κ3) is 3.74. The zero-order valence-corrected chi connectivity index (χ0v) is 15.9. The van der Waals surface area contributed by atoms with Gasteiger partial charge in [0.05, 0.1) is 18.8 Å². The quantitative estimate of drug-likeness (QED) is 0.675. The maximum atomic E-state index is 13.3. The van der Waals surface area contributed by atoms with Crippen LogP contribution >= 0.6 is 0 Å². The van der Waals surface area contributed by atoms with E-state index in [0.717, 1.165) is 42.6 Å². The summed E-state index contributed by atoms with van der Waals surface area (Å²) in [5.41, 5.74) is 3.57. The molecule has 3 aromatic rings. The van der Waals surface area contributed by atoms with Crippen LogP contribution in [0.3, 0.4) is 0 Å². The number of hydrogen-bond donors (Lipinski definition) is 0. The van der Waals surface area contributed by atoms with Gasteiger partial charge in [-0.15, -0.1) is 0 Å². The second kappa shape index (κ2) is 8.21. The molecule has 5 nitrogen and oxygen atoms in total. The molecule has 2 aromatic heterocycles. The average Bonchev–Trinajstić information content (AvgIpc) is 2.79. The highest BCUT2D eigenvalue weighted by Gasteiger charge is 2.29. The van der Waals surface area contributed by atoms with E-state index >= 15 is 0 Å². The number of rotatable bonds is 4. The summed E-state index contributed by atoms with van der Waals surface area (Å²) in [6.45, 7) is 0.758. The van der Waals surface area contributed by atoms with Crippen LogP contribution in [0.25, 0.3) is 11.1 Å². The van der Waals surface area contributed by atoms with Crippen molar-refractivity contribution in [2.75, 3.05) is 13.7 Å². The highest BCUT2D eigenvalue weighted by Crippen LogP contribution is 2.31. The third-order valence-electron chi connectivity index (χ3n) is 5.18. The Bertz CT molecular complexity index is 942. The fourth-order valence-electron chi connectivity index (χ4n) is 3.72. The zero-order chi connectivity index (χ0) is 19.3. The maximum Gasteiger partial charge on any atom is 0.254 e. The summed E-state index contributed by atoms with van der Waals surface area (Å²) in [5.74, 6) is 0.626. The van der Waals surface area contributed by atoms with Gasteiger partial charge in [0.15, 0.2) is 0 Å². The van der Waals surface area contributed by atoms with Crippen molar-refractivity contribution in [2.24, 2.45) is 0 Å². The molecule has 1 aliphatic rings. The van der Waals surface area contributed by atoms with Crippen LogP contribution < -0.4 is 4.74 Å². The topological polar surface area (TPSA) is 55.3 Å². The lowest BCUT2D eigenvalue weighted by Crippen LogP contribution is -2.38. The van der Waals surface area contributed by atoms with Crippen LogP contribution in [0.2, 0.25) is 0 Å². The number of aromatic nitrogens is 2. The molecule has 0 N–H and O–H groups in total. The van der Waals surface area contributed by atoms with Crippen molar-refractivity contribution < 1.29 is 9.53 Å². The molecule has 142 valence electrons. The Morgan fingerprint density at radius 3 is 2.71 bits per heavy atom. The Morgan fingerprint density at radius 1 is 1.04 bits per heavy atom. The van der Waals surface area contributed by atoms with Gasteiger partial charge in [0, 0.05) is 36.1 Å². The molecule has 0 aliphatic carbocycles. The van der Waals surface area contributed by atoms with E-state index in [9.17, 15) is 4.79 Å². The van der Waals surface area contributed by atoms with Gasteiger partial charge in [-0.3, -0.25) is 9.78 Å². The van der Waals surface area contributed by atoms with E-state index < -0.39 is 0 Å². The van der Waals surface area contributed by atoms with E-state index in [1.807, 2.05) is 59.5 Å². The van der Waals surface area contributed by atoms with E-state index in [-0.39, 0.29) is 11.9 Å². The monoisotopic (exact) mass is 373 g/mol. The van der Waals surface area contributed by atoms with Gasteiger partial charge in [0.25, 0.3) is 5.91 Å². The summed E-state index contributed by atoms with van der Waals surface area (Å²) >= 11 is 0. The predicted molar refractivity (Wildman–Crippen MR) is 108 cm³/mol. The summed E-state index contributed by atoms with van der Waals surface area (Å²) in [5, 5.41) is 0. The predicted octanol–water partition coefficient (Wildman–Crippen LogP) is 4.52. The number of amides is 1. The molecule has 0 unspecified atom stereocenters. The second-order valence-electron chi connectivity index (χ2n) is 6.93. The molecule has 1 aliphatic heterocycles. The Kier molecular flexibility index (Phi) is 5.33. The Hall–Kier alpha value is -3.21. The van der Waals surface area contributed by atoms with Crippen LogP contribution in [-0.4, -0.2) is 34.4 Å². The summed E-state index contributed by atoms with van der Waals surface area (Å²) in [7, 11) is 1.60. The molecule has 1 saturated heterocycles. The molecule has 5 heteroatoms. The Morgan fingerprint density at radius 2 is 1.96 bits per heavy atom. The molecule has 1 aromatic carbocycles. The van der Waals surface area contributed by atoms with Crippen LogP contribution in [-0.2, 0) is 0 Å². The molecule has 0 bridgehead atoms. The first-order valence-electron chi connectivity index (χ1n) is 9.58. The molecule has 0 radical (unpaired) electrons. The number of pyridine rings is 2. The normalized spacial score (nSPS) is 16.6. The molecular formula is C23H23N3O2. The molecule has 3 heterocycles. The fourth-order valence-corrected chi connectivity index (χ4v) is 3.72. The van der Waals surface area contributed by atoms with Crippen molar-refractivity contribution >= 4 is 5.91 Å². The summed E-state index contributed by atoms with van der Waals surface area (Å²) in [6.07, 6.45) is 6.65. The van der Waals surface area contributed by atoms with Gasteiger partial charge < -0.3 is 9.64 Å². The number of carbonyl (C=O) groups excluding carboxylic acids is 1. The molecule has 28 heavy (non-hydrogen) atoms. The first-order chi connectivity index (χ1) is 13.8. The Labute approximate surface area is 165 Å². The number of likely N-dealkylation sites (tertiary alicyclic amines) is 1. The van der Waals surface area contributed by atoms with E-state index in [4.69, 9.17) is 4.74 Å². The van der Waals surface area contributed by atoms with Crippen molar-refractivity contribution in [1.82, 2.24) is 14.9 Å². The van der Waals surface area contributed by atoms with E-state index in [0.29, 0.717) is 11.4 Å². The maximum absolute atomic E-state index is 13.3. The molecule has 1 atom stereocenters. The van der Waals surface area contributed by atoms with Gasteiger partial charge in [-0.2, -0.15) is 0 Å². The van der Waals surface area contributed by atoms with Gasteiger partial charge in [0.2, 0.25) is 5.88 Å². The SMILES string of the molecule is COc1ccc(-c2cccc(C(=O)N3CCCC[C@H]3c3ccccn3)c2)cn1. The van der Waals surface area contributed by atoms with Gasteiger partial charge in [0.1, 0.15) is 0 Å². The summed E-state index contributed by atoms with van der Waals surface area (Å²) < 4.78 is 5.12. The molecule has 0 spiro atoms. The Balaban J connectivity index is 1.61. The van der Waals surface area contributed by atoms with Crippen LogP contribution in [0.15, 0.2) is 67.0 Å². The van der Waals surface area contributed by atoms with Gasteiger partial charge in [-0.1, -0.05) is 18.2 Å². The van der Waals surface area contributed by atoms with E-state index in [1.165, 1.54) is 0 Å². The highest BCUT2D eigenvalue weighted by atomic mass is 16.5. The number of nitrogens with zero attached hydrogens (tertiary/aromatic N) is 3. The minimum atomic E-state index is 0.0359. The first-order valence-corrected chi connectivity index (χ1v) is 9.58. The molecule has 4 rings (SSSR count). The van der Waals surface area contributed by atoms with Crippen LogP contribution in [0.5, 0.6) is 5.88 Å². The lowest BCUT2D eigenvalue weighted by molar-refractivity contribution is 0.0606. The third-order valence-corrected chi connectivity index (χ3v) is 5.18. The van der Waals surface area contributed by atoms with Gasteiger partial charge in [-0.05, 0) is 55.2 Å². The molecular weight excluding hydrogens is 350 g/mol. The van der Waals surface area contributed by atoms with Crippen molar-refractivity contribution in [2.45, 2.75) is 25.3 Å². The number of carbonyl (C=O) groups is 1. The lowest BCUT2D eigenvalue weighted by Gasteiger charge is -2.35. The number of hydrogen-bond acceptors (Lipinski definition) is 4. The van der Waals surface area contributed by atoms with Crippen molar-refractivity contribution in [1.29, 1.82) is 0 Å². The fraction of sp³-hybridized carbons (Fsp3) is 0.261. The van der Waals surface area contributed by atoms with Crippen molar-refractivity contribution in [3.05, 3.63) is 78.2 Å². The van der Waals surface area contributed by atoms with Gasteiger partial charge >= 0.3 is 0 Å². The number of methoxy groups -OCH3 is 1. The smallest absolute Gasteiger partial charge is 0.254 e. The average molecular weight is 373 g/mol. The summed E-state index contributed by atoms with van der Waals surface area (Å²) in [6, 6.07) is 17.5. The van der Waals surface area contributed by atoms with Crippen molar-refractivity contribution in [3.63, 3.8) is 0 Å². The van der Waals surface area contributed by atoms with Crippen LogP contribution in [0.1, 0.15) is 41.4 Å². The highest BCUT2D eigenvalue weighted by molar-refractivity contribution is 5.95. The minimum Gasteiger partial charge on any atom is -0.481 e. The standard InChI is InChI=1S/C23H23N3O2/c1-28-22-12-11-19(16-25-22)17-7-6-8-18(15-17)23(27)26-14-5-3-10-21(26)20-9-2-4-13-24-20/h2,4,6-9,11-13,15-16,21H,3,5,10,14H2,1H3/t21-/m0/s1. The van der Waals surface area contributed by atoms with Crippen LogP contribution in [0.4, 0.5) is 0 Å². The molecule has 1 amide bonds. The van der Waals surface area contributed by atoms with E-state index in [1.54, 1.807) is 19.5 Å².